The molecule has 0 spiro atoms. The number of ether oxygens (including phenoxy) is 1. The minimum absolute atomic E-state index is 0.0492. The van der Waals surface area contributed by atoms with E-state index in [-0.39, 0.29) is 21.8 Å². The summed E-state index contributed by atoms with van der Waals surface area (Å²) in [7, 11) is 0. The maximum absolute atomic E-state index is 13.0. The highest BCUT2D eigenvalue weighted by Crippen LogP contribution is 2.31. The van der Waals surface area contributed by atoms with E-state index in [2.05, 4.69) is 5.32 Å². The summed E-state index contributed by atoms with van der Waals surface area (Å²) in [4.78, 5) is 46.6. The topological polar surface area (TPSA) is 118 Å². The molecule has 8 nitrogen and oxygen atoms in total. The number of halogens is 1. The first kappa shape index (κ1) is 26.5. The Balaban J connectivity index is 1.40. The summed E-state index contributed by atoms with van der Waals surface area (Å²) in [6, 6.07) is 28.1. The number of carboxylic acids is 1. The molecular weight excluding hydrogens is 530 g/mol. The van der Waals surface area contributed by atoms with Crippen molar-refractivity contribution in [2.75, 3.05) is 5.32 Å². The van der Waals surface area contributed by atoms with Gasteiger partial charge in [0.05, 0.1) is 44.3 Å². The minimum Gasteiger partial charge on any atom is -0.478 e. The number of aromatic nitrogens is 2. The molecular formula is C31H22ClN3O5. The first-order valence-corrected chi connectivity index (χ1v) is 12.7. The van der Waals surface area contributed by atoms with Crippen molar-refractivity contribution in [3.8, 4) is 22.5 Å². The number of aromatic carboxylic acids is 1. The first-order valence-electron chi connectivity index (χ1n) is 12.3. The van der Waals surface area contributed by atoms with Crippen LogP contribution in [0.5, 0.6) is 0 Å². The predicted molar refractivity (Wildman–Crippen MR) is 152 cm³/mol. The van der Waals surface area contributed by atoms with E-state index in [1.807, 2.05) is 60.7 Å². The van der Waals surface area contributed by atoms with Gasteiger partial charge in [-0.3, -0.25) is 4.79 Å². The molecule has 0 fully saturated rings. The number of nitrogens with zero attached hydrogens (tertiary/aromatic N) is 2. The standard InChI is InChI=1S/C31H22ClN3O5/c1-18(29(36)35-25-16-21(30(37)38)12-14-23(25)32)40-31(39)22-13-15-24-26(17-22)34-28(20-10-6-3-7-11-20)27(33-24)19-8-4-2-5-9-19/h2-18H,1H3,(H,35,36)(H,37,38). The third-order valence-corrected chi connectivity index (χ3v) is 6.45. The number of fused-ring (bicyclic) bond motifs is 1. The SMILES string of the molecule is CC(OC(=O)c1ccc2nc(-c3ccccc3)c(-c3ccccc3)nc2c1)C(=O)Nc1cc(C(=O)O)ccc1Cl. The fourth-order valence-corrected chi connectivity index (χ4v) is 4.21. The van der Waals surface area contributed by atoms with Gasteiger partial charge in [0, 0.05) is 11.1 Å². The summed E-state index contributed by atoms with van der Waals surface area (Å²) in [5.41, 5.74) is 4.48. The Kier molecular flexibility index (Phi) is 7.52. The van der Waals surface area contributed by atoms with E-state index in [1.165, 1.54) is 25.1 Å². The van der Waals surface area contributed by atoms with Crippen LogP contribution in [0.2, 0.25) is 5.02 Å². The lowest BCUT2D eigenvalue weighted by atomic mass is 10.0. The zero-order valence-electron chi connectivity index (χ0n) is 21.2. The summed E-state index contributed by atoms with van der Waals surface area (Å²) in [6.07, 6.45) is -1.20. The molecule has 0 aliphatic rings. The van der Waals surface area contributed by atoms with Crippen LogP contribution in [0.3, 0.4) is 0 Å². The molecule has 0 saturated heterocycles. The van der Waals surface area contributed by atoms with E-state index >= 15 is 0 Å². The van der Waals surface area contributed by atoms with Gasteiger partial charge >= 0.3 is 11.9 Å². The Bertz CT molecular complexity index is 1740. The summed E-state index contributed by atoms with van der Waals surface area (Å²) >= 11 is 6.09. The molecule has 0 aliphatic carbocycles. The van der Waals surface area contributed by atoms with Crippen molar-refractivity contribution in [2.24, 2.45) is 0 Å². The first-order chi connectivity index (χ1) is 19.3. The van der Waals surface area contributed by atoms with Crippen molar-refractivity contribution < 1.29 is 24.2 Å². The molecule has 9 heteroatoms. The highest BCUT2D eigenvalue weighted by Gasteiger charge is 2.21. The summed E-state index contributed by atoms with van der Waals surface area (Å²) in [5.74, 6) is -2.57. The highest BCUT2D eigenvalue weighted by molar-refractivity contribution is 6.34. The van der Waals surface area contributed by atoms with Gasteiger partial charge in [0.25, 0.3) is 5.91 Å². The molecule has 5 rings (SSSR count). The number of esters is 1. The van der Waals surface area contributed by atoms with Gasteiger partial charge in [0.1, 0.15) is 0 Å². The molecule has 2 N–H and O–H groups in total. The van der Waals surface area contributed by atoms with Crippen LogP contribution >= 0.6 is 11.6 Å². The molecule has 1 unspecified atom stereocenters. The zero-order valence-corrected chi connectivity index (χ0v) is 21.9. The second-order valence-electron chi connectivity index (χ2n) is 8.89. The molecule has 40 heavy (non-hydrogen) atoms. The van der Waals surface area contributed by atoms with Crippen LogP contribution < -0.4 is 5.32 Å². The van der Waals surface area contributed by atoms with E-state index in [9.17, 15) is 19.5 Å². The largest absolute Gasteiger partial charge is 0.478 e. The lowest BCUT2D eigenvalue weighted by molar-refractivity contribution is -0.123. The number of hydrogen-bond acceptors (Lipinski definition) is 6. The van der Waals surface area contributed by atoms with E-state index in [0.717, 1.165) is 11.1 Å². The zero-order chi connectivity index (χ0) is 28.2. The lowest BCUT2D eigenvalue weighted by Crippen LogP contribution is -2.30. The summed E-state index contributed by atoms with van der Waals surface area (Å²) < 4.78 is 5.39. The van der Waals surface area contributed by atoms with Gasteiger partial charge in [-0.25, -0.2) is 19.6 Å². The monoisotopic (exact) mass is 551 g/mol. The van der Waals surface area contributed by atoms with Crippen LogP contribution in [-0.2, 0) is 9.53 Å². The Morgan fingerprint density at radius 1 is 0.775 bits per heavy atom. The minimum atomic E-state index is -1.20. The molecule has 0 bridgehead atoms. The molecule has 1 heterocycles. The molecule has 1 aromatic heterocycles. The number of benzene rings is 4. The highest BCUT2D eigenvalue weighted by atomic mass is 35.5. The van der Waals surface area contributed by atoms with E-state index in [0.29, 0.717) is 22.4 Å². The number of amides is 1. The van der Waals surface area contributed by atoms with Crippen molar-refractivity contribution in [1.82, 2.24) is 9.97 Å². The molecule has 1 atom stereocenters. The van der Waals surface area contributed by atoms with Crippen molar-refractivity contribution in [1.29, 1.82) is 0 Å². The number of carbonyl (C=O) groups excluding carboxylic acids is 2. The molecule has 0 saturated carbocycles. The van der Waals surface area contributed by atoms with Crippen molar-refractivity contribution >= 4 is 46.2 Å². The van der Waals surface area contributed by atoms with Gasteiger partial charge in [-0.15, -0.1) is 0 Å². The molecule has 1 amide bonds. The fraction of sp³-hybridized carbons (Fsp3) is 0.0645. The van der Waals surface area contributed by atoms with Crippen LogP contribution in [0.4, 0.5) is 5.69 Å². The predicted octanol–water partition coefficient (Wildman–Crippen LogP) is 6.50. The fourth-order valence-electron chi connectivity index (χ4n) is 4.05. The normalized spacial score (nSPS) is 11.6. The van der Waals surface area contributed by atoms with Gasteiger partial charge in [0.2, 0.25) is 0 Å². The molecule has 0 aliphatic heterocycles. The quantitative estimate of drug-likeness (QED) is 0.222. The summed E-state index contributed by atoms with van der Waals surface area (Å²) in [6.45, 7) is 1.41. The van der Waals surface area contributed by atoms with E-state index in [1.54, 1.807) is 18.2 Å². The van der Waals surface area contributed by atoms with Gasteiger partial charge in [-0.1, -0.05) is 72.3 Å². The van der Waals surface area contributed by atoms with Crippen molar-refractivity contribution in [3.63, 3.8) is 0 Å². The van der Waals surface area contributed by atoms with Gasteiger partial charge < -0.3 is 15.2 Å². The molecule has 4 aromatic carbocycles. The van der Waals surface area contributed by atoms with Crippen LogP contribution in [0.15, 0.2) is 97.1 Å². The third kappa shape index (κ3) is 5.67. The average Bonchev–Trinajstić information content (AvgIpc) is 2.98. The third-order valence-electron chi connectivity index (χ3n) is 6.12. The number of carbonyl (C=O) groups is 3. The van der Waals surface area contributed by atoms with Gasteiger partial charge in [-0.2, -0.15) is 0 Å². The number of carboxylic acid groups (broad SMARTS) is 1. The number of hydrogen-bond donors (Lipinski definition) is 2. The van der Waals surface area contributed by atoms with Crippen molar-refractivity contribution in [3.05, 3.63) is 113 Å². The molecule has 5 aromatic rings. The number of nitrogens with one attached hydrogen (secondary N) is 1. The lowest BCUT2D eigenvalue weighted by Gasteiger charge is -2.15. The van der Waals surface area contributed by atoms with Crippen molar-refractivity contribution in [2.45, 2.75) is 13.0 Å². The van der Waals surface area contributed by atoms with E-state index < -0.39 is 23.9 Å². The Morgan fingerprint density at radius 2 is 1.35 bits per heavy atom. The van der Waals surface area contributed by atoms with E-state index in [4.69, 9.17) is 26.3 Å². The number of anilines is 1. The van der Waals surface area contributed by atoms with Gasteiger partial charge in [0.15, 0.2) is 6.10 Å². The van der Waals surface area contributed by atoms with Crippen LogP contribution in [0, 0.1) is 0 Å². The maximum Gasteiger partial charge on any atom is 0.338 e. The Hall–Kier alpha value is -5.08. The van der Waals surface area contributed by atoms with Crippen LogP contribution in [0.25, 0.3) is 33.5 Å². The van der Waals surface area contributed by atoms with Crippen LogP contribution in [0.1, 0.15) is 27.6 Å². The number of rotatable bonds is 7. The second kappa shape index (κ2) is 11.3. The summed E-state index contributed by atoms with van der Waals surface area (Å²) in [5, 5.41) is 11.8. The maximum atomic E-state index is 13.0. The Labute approximate surface area is 234 Å². The smallest absolute Gasteiger partial charge is 0.338 e. The second-order valence-corrected chi connectivity index (χ2v) is 9.30. The Morgan fingerprint density at radius 3 is 1.95 bits per heavy atom. The molecule has 0 radical (unpaired) electrons. The molecule has 198 valence electrons. The average molecular weight is 552 g/mol. The van der Waals surface area contributed by atoms with Gasteiger partial charge in [-0.05, 0) is 43.3 Å². The van der Waals surface area contributed by atoms with Crippen LogP contribution in [-0.4, -0.2) is 39.0 Å².